The Morgan fingerprint density at radius 2 is 1.76 bits per heavy atom. The van der Waals surface area contributed by atoms with Crippen LogP contribution in [-0.2, 0) is 0 Å². The Bertz CT molecular complexity index is 789. The highest BCUT2D eigenvalue weighted by Gasteiger charge is 2.30. The number of allylic oxidation sites excluding steroid dienone is 1. The number of phenolic OH excluding ortho intramolecular Hbond substituents is 3. The van der Waals surface area contributed by atoms with Gasteiger partial charge in [0.05, 0.1) is 0 Å². The number of aryl methyl sites for hydroxylation is 1. The van der Waals surface area contributed by atoms with Gasteiger partial charge in [-0.05, 0) is 48.4 Å². The molecule has 21 heavy (non-hydrogen) atoms. The van der Waals surface area contributed by atoms with Gasteiger partial charge in [-0.3, -0.25) is 4.79 Å². The molecule has 2 aromatic carbocycles. The van der Waals surface area contributed by atoms with Crippen LogP contribution in [0.5, 0.6) is 23.0 Å². The molecule has 0 fully saturated rings. The molecule has 5 heteroatoms. The molecular weight excluding hydrogens is 272 g/mol. The van der Waals surface area contributed by atoms with Crippen LogP contribution in [0.1, 0.15) is 21.5 Å². The minimum Gasteiger partial charge on any atom is -0.507 e. The second-order valence-electron chi connectivity index (χ2n) is 4.85. The molecule has 1 heterocycles. The van der Waals surface area contributed by atoms with E-state index in [0.29, 0.717) is 11.3 Å². The summed E-state index contributed by atoms with van der Waals surface area (Å²) in [4.78, 5) is 12.2. The molecule has 1 aliphatic heterocycles. The lowest BCUT2D eigenvalue weighted by Crippen LogP contribution is -1.98. The van der Waals surface area contributed by atoms with E-state index in [1.54, 1.807) is 13.0 Å². The summed E-state index contributed by atoms with van der Waals surface area (Å²) in [7, 11) is 0. The van der Waals surface area contributed by atoms with Crippen molar-refractivity contribution in [2.75, 3.05) is 0 Å². The van der Waals surface area contributed by atoms with Crippen molar-refractivity contribution >= 4 is 11.9 Å². The zero-order valence-corrected chi connectivity index (χ0v) is 11.1. The fourth-order valence-corrected chi connectivity index (χ4v) is 2.21. The van der Waals surface area contributed by atoms with Gasteiger partial charge in [-0.25, -0.2) is 0 Å². The quantitative estimate of drug-likeness (QED) is 0.553. The Kier molecular flexibility index (Phi) is 2.83. The van der Waals surface area contributed by atoms with E-state index < -0.39 is 5.78 Å². The van der Waals surface area contributed by atoms with Crippen LogP contribution in [0.25, 0.3) is 6.08 Å². The lowest BCUT2D eigenvalue weighted by molar-refractivity contribution is 0.101. The van der Waals surface area contributed by atoms with Gasteiger partial charge >= 0.3 is 0 Å². The zero-order chi connectivity index (χ0) is 15.1. The smallest absolute Gasteiger partial charge is 0.235 e. The summed E-state index contributed by atoms with van der Waals surface area (Å²) in [5.41, 5.74) is 1.41. The van der Waals surface area contributed by atoms with Gasteiger partial charge in [0.15, 0.2) is 17.3 Å². The van der Waals surface area contributed by atoms with Gasteiger partial charge in [0.25, 0.3) is 0 Å². The molecule has 0 radical (unpaired) electrons. The van der Waals surface area contributed by atoms with Gasteiger partial charge in [0.1, 0.15) is 17.1 Å². The maximum atomic E-state index is 12.2. The number of carbonyl (C=O) groups excluding carboxylic acids is 1. The summed E-state index contributed by atoms with van der Waals surface area (Å²) in [6, 6.07) is 7.33. The third kappa shape index (κ3) is 2.18. The number of ketones is 1. The molecule has 1 aliphatic rings. The fraction of sp³-hybridized carbons (Fsp3) is 0.0625. The maximum absolute atomic E-state index is 12.2. The van der Waals surface area contributed by atoms with Crippen molar-refractivity contribution < 1.29 is 24.9 Å². The van der Waals surface area contributed by atoms with E-state index in [4.69, 9.17) is 4.74 Å². The van der Waals surface area contributed by atoms with Crippen LogP contribution in [-0.4, -0.2) is 21.1 Å². The van der Waals surface area contributed by atoms with Crippen molar-refractivity contribution in [3.05, 3.63) is 52.8 Å². The van der Waals surface area contributed by atoms with Gasteiger partial charge in [0, 0.05) is 0 Å². The lowest BCUT2D eigenvalue weighted by Gasteiger charge is -2.01. The standard InChI is InChI=1S/C16H12O5/c1-8-4-12(19)15-13(5-8)21-14(16(15)20)7-9-2-3-10(17)11(18)6-9/h2-7,17-19H,1H3/b14-7-. The van der Waals surface area contributed by atoms with E-state index in [1.807, 2.05) is 0 Å². The molecule has 0 aliphatic carbocycles. The number of ether oxygens (including phenoxy) is 1. The van der Waals surface area contributed by atoms with Gasteiger partial charge in [-0.2, -0.15) is 0 Å². The third-order valence-corrected chi connectivity index (χ3v) is 3.19. The van der Waals surface area contributed by atoms with Crippen molar-refractivity contribution in [1.29, 1.82) is 0 Å². The number of rotatable bonds is 1. The number of phenols is 3. The van der Waals surface area contributed by atoms with Crippen molar-refractivity contribution in [1.82, 2.24) is 0 Å². The molecule has 5 nitrogen and oxygen atoms in total. The normalized spacial score (nSPS) is 15.1. The van der Waals surface area contributed by atoms with E-state index in [1.165, 1.54) is 30.3 Å². The van der Waals surface area contributed by atoms with Crippen molar-refractivity contribution in [3.63, 3.8) is 0 Å². The number of fused-ring (bicyclic) bond motifs is 1. The molecule has 0 saturated carbocycles. The molecule has 0 aromatic heterocycles. The Hall–Kier alpha value is -2.95. The van der Waals surface area contributed by atoms with Gasteiger partial charge in [0.2, 0.25) is 5.78 Å². The summed E-state index contributed by atoms with van der Waals surface area (Å²) >= 11 is 0. The average molecular weight is 284 g/mol. The van der Waals surface area contributed by atoms with Crippen LogP contribution in [0, 0.1) is 6.92 Å². The summed E-state index contributed by atoms with van der Waals surface area (Å²) in [5.74, 6) is -0.705. The highest BCUT2D eigenvalue weighted by molar-refractivity contribution is 6.16. The first-order valence-electron chi connectivity index (χ1n) is 6.25. The highest BCUT2D eigenvalue weighted by atomic mass is 16.5. The predicted molar refractivity (Wildman–Crippen MR) is 75.6 cm³/mol. The molecule has 0 amide bonds. The Labute approximate surface area is 120 Å². The lowest BCUT2D eigenvalue weighted by atomic mass is 10.1. The Morgan fingerprint density at radius 1 is 1.00 bits per heavy atom. The molecule has 2 aromatic rings. The minimum atomic E-state index is -0.421. The average Bonchev–Trinajstić information content (AvgIpc) is 2.70. The molecule has 3 N–H and O–H groups in total. The molecule has 0 spiro atoms. The van der Waals surface area contributed by atoms with Crippen LogP contribution < -0.4 is 4.74 Å². The van der Waals surface area contributed by atoms with E-state index in [2.05, 4.69) is 0 Å². The predicted octanol–water partition coefficient (Wildman–Crippen LogP) is 2.73. The summed E-state index contributed by atoms with van der Waals surface area (Å²) in [6.45, 7) is 1.79. The van der Waals surface area contributed by atoms with Crippen molar-refractivity contribution in [2.24, 2.45) is 0 Å². The van der Waals surface area contributed by atoms with Gasteiger partial charge < -0.3 is 20.1 Å². The first-order valence-corrected chi connectivity index (χ1v) is 6.25. The first kappa shape index (κ1) is 13.1. The molecular formula is C16H12O5. The van der Waals surface area contributed by atoms with E-state index >= 15 is 0 Å². The summed E-state index contributed by atoms with van der Waals surface area (Å²) in [5, 5.41) is 28.6. The number of aromatic hydroxyl groups is 3. The Morgan fingerprint density at radius 3 is 2.48 bits per heavy atom. The maximum Gasteiger partial charge on any atom is 0.235 e. The van der Waals surface area contributed by atoms with Crippen molar-refractivity contribution in [2.45, 2.75) is 6.92 Å². The van der Waals surface area contributed by atoms with Gasteiger partial charge in [-0.15, -0.1) is 0 Å². The molecule has 0 unspecified atom stereocenters. The molecule has 0 saturated heterocycles. The molecule has 3 rings (SSSR count). The molecule has 106 valence electrons. The van der Waals surface area contributed by atoms with Gasteiger partial charge in [-0.1, -0.05) is 6.07 Å². The second-order valence-corrected chi connectivity index (χ2v) is 4.85. The minimum absolute atomic E-state index is 0.0518. The van der Waals surface area contributed by atoms with E-state index in [0.717, 1.165) is 5.56 Å². The second kappa shape index (κ2) is 4.56. The number of hydrogen-bond acceptors (Lipinski definition) is 5. The largest absolute Gasteiger partial charge is 0.507 e. The summed E-state index contributed by atoms with van der Waals surface area (Å²) < 4.78 is 5.46. The van der Waals surface area contributed by atoms with E-state index in [-0.39, 0.29) is 28.6 Å². The van der Waals surface area contributed by atoms with Crippen LogP contribution in [0.2, 0.25) is 0 Å². The third-order valence-electron chi connectivity index (χ3n) is 3.19. The molecule has 0 bridgehead atoms. The molecule has 0 atom stereocenters. The van der Waals surface area contributed by atoms with Crippen LogP contribution in [0.3, 0.4) is 0 Å². The summed E-state index contributed by atoms with van der Waals surface area (Å²) in [6.07, 6.45) is 1.44. The number of carbonyl (C=O) groups is 1. The Balaban J connectivity index is 2.03. The number of hydrogen-bond donors (Lipinski definition) is 3. The van der Waals surface area contributed by atoms with E-state index in [9.17, 15) is 20.1 Å². The van der Waals surface area contributed by atoms with Crippen LogP contribution >= 0.6 is 0 Å². The topological polar surface area (TPSA) is 87.0 Å². The fourth-order valence-electron chi connectivity index (χ4n) is 2.21. The van der Waals surface area contributed by atoms with Crippen LogP contribution in [0.15, 0.2) is 36.1 Å². The highest BCUT2D eigenvalue weighted by Crippen LogP contribution is 2.39. The number of benzene rings is 2. The number of Topliss-reactive ketones (excluding diaryl/α,β-unsaturated/α-hetero) is 1. The SMILES string of the molecule is Cc1cc(O)c2c(c1)O/C(=C\c1ccc(O)c(O)c1)C2=O. The monoisotopic (exact) mass is 284 g/mol. The van der Waals surface area contributed by atoms with Crippen molar-refractivity contribution in [3.8, 4) is 23.0 Å². The first-order chi connectivity index (χ1) is 9.95. The zero-order valence-electron chi connectivity index (χ0n) is 11.1. The van der Waals surface area contributed by atoms with Crippen LogP contribution in [0.4, 0.5) is 0 Å².